The Bertz CT molecular complexity index is 527. The fourth-order valence-corrected chi connectivity index (χ4v) is 3.71. The van der Waals surface area contributed by atoms with E-state index in [-0.39, 0.29) is 6.04 Å². The summed E-state index contributed by atoms with van der Waals surface area (Å²) in [6.07, 6.45) is 1.04. The van der Waals surface area contributed by atoms with Crippen LogP contribution in [0, 0.1) is 0 Å². The van der Waals surface area contributed by atoms with Gasteiger partial charge in [-0.3, -0.25) is 0 Å². The van der Waals surface area contributed by atoms with Crippen LogP contribution >= 0.6 is 38.9 Å². The van der Waals surface area contributed by atoms with Gasteiger partial charge in [-0.1, -0.05) is 33.6 Å². The summed E-state index contributed by atoms with van der Waals surface area (Å²) in [5.74, 6) is 0. The van der Waals surface area contributed by atoms with E-state index in [2.05, 4.69) is 58.0 Å². The average molecular weight is 359 g/mol. The van der Waals surface area contributed by atoms with Crippen molar-refractivity contribution >= 4 is 38.9 Å². The number of nitrogens with one attached hydrogen (secondary N) is 1. The maximum Gasteiger partial charge on any atom is 0.0464 e. The lowest BCUT2D eigenvalue weighted by Gasteiger charge is -2.21. The summed E-state index contributed by atoms with van der Waals surface area (Å²) >= 11 is 11.5. The van der Waals surface area contributed by atoms with Gasteiger partial charge >= 0.3 is 0 Å². The zero-order chi connectivity index (χ0) is 13.8. The number of thiophene rings is 1. The standard InChI is InChI=1S/C15H17BrClNS/c1-10(7-12-5-6-19-9-12)18-11(2)14-4-3-13(16)8-15(14)17/h3-6,8-11,18H,7H2,1-2H3. The maximum atomic E-state index is 6.28. The van der Waals surface area contributed by atoms with E-state index in [0.717, 1.165) is 21.5 Å². The van der Waals surface area contributed by atoms with Crippen molar-refractivity contribution < 1.29 is 0 Å². The van der Waals surface area contributed by atoms with Crippen molar-refractivity contribution in [3.8, 4) is 0 Å². The van der Waals surface area contributed by atoms with E-state index in [1.54, 1.807) is 11.3 Å². The quantitative estimate of drug-likeness (QED) is 0.749. The van der Waals surface area contributed by atoms with Crippen molar-refractivity contribution in [3.63, 3.8) is 0 Å². The van der Waals surface area contributed by atoms with Crippen LogP contribution in [0.2, 0.25) is 5.02 Å². The molecule has 1 N–H and O–H groups in total. The van der Waals surface area contributed by atoms with E-state index in [1.807, 2.05) is 12.1 Å². The summed E-state index contributed by atoms with van der Waals surface area (Å²) in [6.45, 7) is 4.36. The largest absolute Gasteiger partial charge is 0.307 e. The topological polar surface area (TPSA) is 12.0 Å². The van der Waals surface area contributed by atoms with Crippen molar-refractivity contribution in [2.45, 2.75) is 32.4 Å². The summed E-state index contributed by atoms with van der Waals surface area (Å²) in [5, 5.41) is 8.73. The van der Waals surface area contributed by atoms with Gasteiger partial charge in [0.25, 0.3) is 0 Å². The van der Waals surface area contributed by atoms with Crippen LogP contribution in [0.5, 0.6) is 0 Å². The molecule has 1 heterocycles. The molecule has 1 nitrogen and oxygen atoms in total. The van der Waals surface area contributed by atoms with Gasteiger partial charge in [-0.15, -0.1) is 0 Å². The molecular formula is C15H17BrClNS. The highest BCUT2D eigenvalue weighted by molar-refractivity contribution is 9.10. The predicted octanol–water partition coefficient (Wildman–Crippen LogP) is 5.45. The Morgan fingerprint density at radius 3 is 2.74 bits per heavy atom. The Kier molecular flexibility index (Phi) is 5.46. The molecule has 0 radical (unpaired) electrons. The number of hydrogen-bond acceptors (Lipinski definition) is 2. The molecule has 2 rings (SSSR count). The first-order chi connectivity index (χ1) is 9.06. The summed E-state index contributed by atoms with van der Waals surface area (Å²) in [7, 11) is 0. The molecule has 4 heteroatoms. The number of hydrogen-bond donors (Lipinski definition) is 1. The lowest BCUT2D eigenvalue weighted by Crippen LogP contribution is -2.30. The highest BCUT2D eigenvalue weighted by Crippen LogP contribution is 2.26. The minimum absolute atomic E-state index is 0.245. The summed E-state index contributed by atoms with van der Waals surface area (Å²) in [6, 6.07) is 8.89. The average Bonchev–Trinajstić information content (AvgIpc) is 2.81. The van der Waals surface area contributed by atoms with Crippen LogP contribution in [0.15, 0.2) is 39.5 Å². The zero-order valence-electron chi connectivity index (χ0n) is 11.0. The van der Waals surface area contributed by atoms with Gasteiger partial charge in [0.05, 0.1) is 0 Å². The van der Waals surface area contributed by atoms with Gasteiger partial charge in [-0.05, 0) is 60.4 Å². The summed E-state index contributed by atoms with van der Waals surface area (Å²) in [5.41, 5.74) is 2.53. The van der Waals surface area contributed by atoms with E-state index >= 15 is 0 Å². The molecule has 102 valence electrons. The molecule has 2 atom stereocenters. The second kappa shape index (κ2) is 6.89. The Morgan fingerprint density at radius 1 is 1.32 bits per heavy atom. The lowest BCUT2D eigenvalue weighted by atomic mass is 10.1. The van der Waals surface area contributed by atoms with Crippen LogP contribution in [-0.4, -0.2) is 6.04 Å². The molecule has 0 aliphatic heterocycles. The molecule has 0 aliphatic carbocycles. The van der Waals surface area contributed by atoms with Gasteiger partial charge in [0.1, 0.15) is 0 Å². The SMILES string of the molecule is CC(Cc1ccsc1)NC(C)c1ccc(Br)cc1Cl. The molecule has 0 spiro atoms. The van der Waals surface area contributed by atoms with Gasteiger partial charge in [0, 0.05) is 21.6 Å². The molecule has 0 saturated carbocycles. The number of benzene rings is 1. The Hall–Kier alpha value is -0.350. The smallest absolute Gasteiger partial charge is 0.0464 e. The first-order valence-corrected chi connectivity index (χ1v) is 8.39. The predicted molar refractivity (Wildman–Crippen MR) is 88.2 cm³/mol. The fourth-order valence-electron chi connectivity index (χ4n) is 2.19. The van der Waals surface area contributed by atoms with Gasteiger partial charge in [0.15, 0.2) is 0 Å². The fraction of sp³-hybridized carbons (Fsp3) is 0.333. The highest BCUT2D eigenvalue weighted by Gasteiger charge is 2.13. The molecule has 0 saturated heterocycles. The van der Waals surface area contributed by atoms with E-state index < -0.39 is 0 Å². The summed E-state index contributed by atoms with van der Waals surface area (Å²) < 4.78 is 1.01. The van der Waals surface area contributed by atoms with Crippen molar-refractivity contribution in [3.05, 3.63) is 55.6 Å². The third kappa shape index (κ3) is 4.32. The minimum Gasteiger partial charge on any atom is -0.307 e. The lowest BCUT2D eigenvalue weighted by molar-refractivity contribution is 0.477. The van der Waals surface area contributed by atoms with Gasteiger partial charge < -0.3 is 5.32 Å². The Labute approximate surface area is 132 Å². The molecule has 0 aliphatic rings. The highest BCUT2D eigenvalue weighted by atomic mass is 79.9. The number of halogens is 2. The van der Waals surface area contributed by atoms with Crippen molar-refractivity contribution in [2.75, 3.05) is 0 Å². The second-order valence-corrected chi connectivity index (χ2v) is 6.89. The molecule has 0 bridgehead atoms. The monoisotopic (exact) mass is 357 g/mol. The van der Waals surface area contributed by atoms with E-state index in [0.29, 0.717) is 6.04 Å². The van der Waals surface area contributed by atoms with Crippen LogP contribution < -0.4 is 5.32 Å². The molecular weight excluding hydrogens is 342 g/mol. The third-order valence-corrected chi connectivity index (χ3v) is 4.64. The van der Waals surface area contributed by atoms with Crippen molar-refractivity contribution in [1.29, 1.82) is 0 Å². The molecule has 2 aromatic rings. The van der Waals surface area contributed by atoms with Crippen LogP contribution in [0.1, 0.15) is 31.0 Å². The molecule has 19 heavy (non-hydrogen) atoms. The van der Waals surface area contributed by atoms with Crippen molar-refractivity contribution in [2.24, 2.45) is 0 Å². The Balaban J connectivity index is 1.98. The van der Waals surface area contributed by atoms with Gasteiger partial charge in [-0.25, -0.2) is 0 Å². The van der Waals surface area contributed by atoms with Gasteiger partial charge in [-0.2, -0.15) is 11.3 Å². The Morgan fingerprint density at radius 2 is 2.11 bits per heavy atom. The maximum absolute atomic E-state index is 6.28. The molecule has 0 amide bonds. The molecule has 2 unspecified atom stereocenters. The first-order valence-electron chi connectivity index (χ1n) is 6.28. The van der Waals surface area contributed by atoms with Crippen LogP contribution in [0.4, 0.5) is 0 Å². The first kappa shape index (κ1) is 15.0. The zero-order valence-corrected chi connectivity index (χ0v) is 14.1. The normalized spacial score (nSPS) is 14.3. The molecule has 1 aromatic heterocycles. The second-order valence-electron chi connectivity index (χ2n) is 4.79. The molecule has 0 fully saturated rings. The number of rotatable bonds is 5. The molecule has 1 aromatic carbocycles. The summed E-state index contributed by atoms with van der Waals surface area (Å²) in [4.78, 5) is 0. The van der Waals surface area contributed by atoms with Crippen LogP contribution in [0.3, 0.4) is 0 Å². The van der Waals surface area contributed by atoms with E-state index in [1.165, 1.54) is 5.56 Å². The van der Waals surface area contributed by atoms with Gasteiger partial charge in [0.2, 0.25) is 0 Å². The van der Waals surface area contributed by atoms with Crippen molar-refractivity contribution in [1.82, 2.24) is 5.32 Å². The third-order valence-electron chi connectivity index (χ3n) is 3.09. The van der Waals surface area contributed by atoms with E-state index in [9.17, 15) is 0 Å². The van der Waals surface area contributed by atoms with E-state index in [4.69, 9.17) is 11.6 Å². The van der Waals surface area contributed by atoms with Crippen LogP contribution in [-0.2, 0) is 6.42 Å². The minimum atomic E-state index is 0.245. The van der Waals surface area contributed by atoms with Crippen LogP contribution in [0.25, 0.3) is 0 Å².